The van der Waals surface area contributed by atoms with Crippen molar-refractivity contribution in [2.45, 2.75) is 26.3 Å². The lowest BCUT2D eigenvalue weighted by atomic mass is 10.2. The number of carbonyl (C=O) groups is 1. The predicted molar refractivity (Wildman–Crippen MR) is 71.9 cm³/mol. The fourth-order valence-electron chi connectivity index (χ4n) is 1.43. The molecule has 1 rings (SSSR count). The number of anilines is 1. The molecule has 0 spiro atoms. The van der Waals surface area contributed by atoms with Crippen molar-refractivity contribution in [3.05, 3.63) is 24.0 Å². The molecular formula is C12H18N2O2S. The Balaban J connectivity index is 2.58. The van der Waals surface area contributed by atoms with Gasteiger partial charge in [-0.15, -0.1) is 0 Å². The highest BCUT2D eigenvalue weighted by molar-refractivity contribution is 7.99. The van der Waals surface area contributed by atoms with Crippen molar-refractivity contribution in [1.82, 2.24) is 4.98 Å². The number of aromatic carboxylic acids is 1. The number of hydrogen-bond donors (Lipinski definition) is 2. The zero-order chi connectivity index (χ0) is 12.7. The van der Waals surface area contributed by atoms with Gasteiger partial charge in [0.25, 0.3) is 0 Å². The van der Waals surface area contributed by atoms with Gasteiger partial charge in [0.15, 0.2) is 5.69 Å². The van der Waals surface area contributed by atoms with Gasteiger partial charge in [-0.1, -0.05) is 6.92 Å². The largest absolute Gasteiger partial charge is 0.476 e. The first-order valence-corrected chi connectivity index (χ1v) is 6.83. The van der Waals surface area contributed by atoms with Crippen molar-refractivity contribution < 1.29 is 9.90 Å². The van der Waals surface area contributed by atoms with Gasteiger partial charge in [-0.3, -0.25) is 0 Å². The Morgan fingerprint density at radius 1 is 1.65 bits per heavy atom. The smallest absolute Gasteiger partial charge is 0.356 e. The maximum Gasteiger partial charge on any atom is 0.356 e. The highest BCUT2D eigenvalue weighted by Crippen LogP contribution is 2.15. The molecule has 94 valence electrons. The number of rotatable bonds is 7. The van der Waals surface area contributed by atoms with E-state index in [9.17, 15) is 4.79 Å². The number of aromatic nitrogens is 1. The lowest BCUT2D eigenvalue weighted by Crippen LogP contribution is -2.18. The van der Waals surface area contributed by atoms with E-state index in [2.05, 4.69) is 24.1 Å². The number of carboxylic acid groups (broad SMARTS) is 1. The predicted octanol–water partition coefficient (Wildman–Crippen LogP) is 2.72. The minimum absolute atomic E-state index is 0.0856. The van der Waals surface area contributed by atoms with E-state index < -0.39 is 5.97 Å². The number of nitrogens with one attached hydrogen (secondary N) is 1. The third-order valence-corrected chi connectivity index (χ3v) is 3.24. The van der Waals surface area contributed by atoms with Crippen LogP contribution in [0.25, 0.3) is 0 Å². The van der Waals surface area contributed by atoms with Crippen LogP contribution in [-0.4, -0.2) is 33.6 Å². The average Bonchev–Trinajstić information content (AvgIpc) is 2.29. The van der Waals surface area contributed by atoms with Crippen molar-refractivity contribution in [3.8, 4) is 0 Å². The van der Waals surface area contributed by atoms with Crippen LogP contribution < -0.4 is 5.32 Å². The molecule has 1 heterocycles. The standard InChI is InChI=1S/C12H18N2O2S/c1-3-17-8-6-9(2)14-10-5-4-7-13-11(10)12(15)16/h4-5,7,9,14H,3,6,8H2,1-2H3,(H,15,16). The van der Waals surface area contributed by atoms with Crippen LogP contribution in [-0.2, 0) is 0 Å². The molecule has 0 aliphatic carbocycles. The van der Waals surface area contributed by atoms with Crippen LogP contribution in [0, 0.1) is 0 Å². The first-order chi connectivity index (χ1) is 8.15. The zero-order valence-electron chi connectivity index (χ0n) is 10.1. The van der Waals surface area contributed by atoms with Crippen molar-refractivity contribution in [1.29, 1.82) is 0 Å². The molecule has 2 N–H and O–H groups in total. The fraction of sp³-hybridized carbons (Fsp3) is 0.500. The number of thioether (sulfide) groups is 1. The molecule has 0 bridgehead atoms. The molecule has 0 aliphatic rings. The molecule has 0 aliphatic heterocycles. The molecule has 0 fully saturated rings. The highest BCUT2D eigenvalue weighted by Gasteiger charge is 2.12. The van der Waals surface area contributed by atoms with Crippen LogP contribution in [0.15, 0.2) is 18.3 Å². The van der Waals surface area contributed by atoms with Crippen molar-refractivity contribution in [2.75, 3.05) is 16.8 Å². The molecule has 0 aromatic carbocycles. The molecule has 1 aromatic heterocycles. The maximum atomic E-state index is 11.0. The second kappa shape index (κ2) is 7.17. The van der Waals surface area contributed by atoms with Crippen molar-refractivity contribution in [3.63, 3.8) is 0 Å². The molecule has 5 heteroatoms. The summed E-state index contributed by atoms with van der Waals surface area (Å²) in [6.07, 6.45) is 2.50. The summed E-state index contributed by atoms with van der Waals surface area (Å²) in [7, 11) is 0. The minimum Gasteiger partial charge on any atom is -0.476 e. The highest BCUT2D eigenvalue weighted by atomic mass is 32.2. The molecule has 17 heavy (non-hydrogen) atoms. The summed E-state index contributed by atoms with van der Waals surface area (Å²) in [5.41, 5.74) is 0.677. The Bertz CT molecular complexity index is 371. The minimum atomic E-state index is -0.997. The normalized spacial score (nSPS) is 12.1. The number of carboxylic acids is 1. The molecule has 1 unspecified atom stereocenters. The van der Waals surface area contributed by atoms with E-state index in [0.717, 1.165) is 17.9 Å². The van der Waals surface area contributed by atoms with Gasteiger partial charge in [-0.2, -0.15) is 11.8 Å². The Kier molecular flexibility index (Phi) is 5.83. The molecule has 1 aromatic rings. The quantitative estimate of drug-likeness (QED) is 0.733. The van der Waals surface area contributed by atoms with E-state index in [4.69, 9.17) is 5.11 Å². The van der Waals surface area contributed by atoms with Crippen LogP contribution in [0.4, 0.5) is 5.69 Å². The summed E-state index contributed by atoms with van der Waals surface area (Å²) in [4.78, 5) is 14.8. The van der Waals surface area contributed by atoms with E-state index in [1.165, 1.54) is 6.20 Å². The lowest BCUT2D eigenvalue weighted by Gasteiger charge is -2.15. The summed E-state index contributed by atoms with van der Waals surface area (Å²) in [6, 6.07) is 3.73. The monoisotopic (exact) mass is 254 g/mol. The third kappa shape index (κ3) is 4.65. The van der Waals surface area contributed by atoms with Gasteiger partial charge in [-0.25, -0.2) is 9.78 Å². The Hall–Kier alpha value is -1.23. The molecule has 1 atom stereocenters. The van der Waals surface area contributed by atoms with Crippen LogP contribution in [0.3, 0.4) is 0 Å². The van der Waals surface area contributed by atoms with Crippen LogP contribution >= 0.6 is 11.8 Å². The second-order valence-electron chi connectivity index (χ2n) is 3.74. The maximum absolute atomic E-state index is 11.0. The zero-order valence-corrected chi connectivity index (χ0v) is 11.0. The van der Waals surface area contributed by atoms with E-state index in [1.807, 2.05) is 11.8 Å². The number of pyridine rings is 1. The van der Waals surface area contributed by atoms with E-state index in [-0.39, 0.29) is 11.7 Å². The molecule has 0 radical (unpaired) electrons. The summed E-state index contributed by atoms with van der Waals surface area (Å²) < 4.78 is 0. The van der Waals surface area contributed by atoms with Gasteiger partial charge in [0.1, 0.15) is 0 Å². The fourth-order valence-corrected chi connectivity index (χ4v) is 2.24. The number of nitrogens with zero attached hydrogens (tertiary/aromatic N) is 1. The van der Waals surface area contributed by atoms with E-state index >= 15 is 0 Å². The van der Waals surface area contributed by atoms with Crippen LogP contribution in [0.5, 0.6) is 0 Å². The molecule has 0 saturated heterocycles. The van der Waals surface area contributed by atoms with Crippen molar-refractivity contribution in [2.24, 2.45) is 0 Å². The SMILES string of the molecule is CCSCCC(C)Nc1cccnc1C(=O)O. The third-order valence-electron chi connectivity index (χ3n) is 2.31. The molecule has 0 amide bonds. The van der Waals surface area contributed by atoms with Gasteiger partial charge >= 0.3 is 5.97 Å². The van der Waals surface area contributed by atoms with Gasteiger partial charge in [0, 0.05) is 12.2 Å². The first-order valence-electron chi connectivity index (χ1n) is 5.67. The molecule has 0 saturated carbocycles. The summed E-state index contributed by atoms with van der Waals surface area (Å²) >= 11 is 1.89. The van der Waals surface area contributed by atoms with E-state index in [1.54, 1.807) is 12.1 Å². The Morgan fingerprint density at radius 2 is 2.41 bits per heavy atom. The first kappa shape index (κ1) is 13.8. The Morgan fingerprint density at radius 3 is 3.06 bits per heavy atom. The van der Waals surface area contributed by atoms with Gasteiger partial charge in [-0.05, 0) is 37.0 Å². The summed E-state index contributed by atoms with van der Waals surface area (Å²) in [5.74, 6) is 1.19. The molecule has 4 nitrogen and oxygen atoms in total. The summed E-state index contributed by atoms with van der Waals surface area (Å²) in [5, 5.41) is 12.2. The van der Waals surface area contributed by atoms with Crippen LogP contribution in [0.2, 0.25) is 0 Å². The Labute approximate surface area is 106 Å². The van der Waals surface area contributed by atoms with Crippen molar-refractivity contribution >= 4 is 23.4 Å². The lowest BCUT2D eigenvalue weighted by molar-refractivity contribution is 0.0691. The van der Waals surface area contributed by atoms with Crippen LogP contribution in [0.1, 0.15) is 30.8 Å². The van der Waals surface area contributed by atoms with Gasteiger partial charge in [0.05, 0.1) is 5.69 Å². The second-order valence-corrected chi connectivity index (χ2v) is 5.13. The van der Waals surface area contributed by atoms with E-state index in [0.29, 0.717) is 5.69 Å². The summed E-state index contributed by atoms with van der Waals surface area (Å²) in [6.45, 7) is 4.18. The number of hydrogen-bond acceptors (Lipinski definition) is 4. The van der Waals surface area contributed by atoms with Gasteiger partial charge < -0.3 is 10.4 Å². The molecular weight excluding hydrogens is 236 g/mol. The average molecular weight is 254 g/mol. The van der Waals surface area contributed by atoms with Gasteiger partial charge in [0.2, 0.25) is 0 Å². The topological polar surface area (TPSA) is 62.2 Å².